The highest BCUT2D eigenvalue weighted by atomic mass is 31.1. The van der Waals surface area contributed by atoms with Gasteiger partial charge in [0.15, 0.2) is 0 Å². The molecule has 132 valence electrons. The zero-order valence-corrected chi connectivity index (χ0v) is 15.5. The van der Waals surface area contributed by atoms with Gasteiger partial charge in [-0.05, 0) is 57.7 Å². The van der Waals surface area contributed by atoms with Crippen LogP contribution in [-0.4, -0.2) is 24.0 Å². The molecule has 0 aliphatic rings. The summed E-state index contributed by atoms with van der Waals surface area (Å²) in [7, 11) is -2.31. The Balaban J connectivity index is 2.29. The predicted molar refractivity (Wildman–Crippen MR) is 94.3 cm³/mol. The normalized spacial score (nSPS) is 14.4. The van der Waals surface area contributed by atoms with Crippen molar-refractivity contribution in [3.63, 3.8) is 0 Å². The van der Waals surface area contributed by atoms with Crippen LogP contribution in [0.15, 0.2) is 48.5 Å². The average Bonchev–Trinajstić information content (AvgIpc) is 2.62. The fourth-order valence-corrected chi connectivity index (χ4v) is 3.82. The van der Waals surface area contributed by atoms with Crippen molar-refractivity contribution in [3.8, 4) is 11.5 Å². The van der Waals surface area contributed by atoms with Crippen molar-refractivity contribution in [3.05, 3.63) is 59.7 Å². The van der Waals surface area contributed by atoms with E-state index in [1.54, 1.807) is 48.5 Å². The fourth-order valence-electron chi connectivity index (χ4n) is 2.30. The molecule has 0 saturated carbocycles. The van der Waals surface area contributed by atoms with Crippen molar-refractivity contribution < 1.29 is 28.4 Å². The Morgan fingerprint density at radius 2 is 1.08 bits per heavy atom. The Hall–Kier alpha value is -1.88. The van der Waals surface area contributed by atoms with E-state index in [1.807, 2.05) is 0 Å². The molecule has 4 atom stereocenters. The lowest BCUT2D eigenvalue weighted by atomic mass is 10.2. The summed E-state index contributed by atoms with van der Waals surface area (Å²) in [5, 5.41) is 2.81. The summed E-state index contributed by atoms with van der Waals surface area (Å²) >= 11 is 0. The summed E-state index contributed by atoms with van der Waals surface area (Å²) in [6.45, 7) is 0. The molecule has 0 heterocycles. The molecule has 2 rings (SSSR count). The molecule has 0 aliphatic heterocycles. The zero-order chi connectivity index (χ0) is 18.4. The van der Waals surface area contributed by atoms with Crippen LogP contribution >= 0.6 is 16.1 Å². The van der Waals surface area contributed by atoms with Crippen LogP contribution in [-0.2, 0) is 9.13 Å². The first-order valence-corrected chi connectivity index (χ1v) is 9.87. The van der Waals surface area contributed by atoms with Crippen molar-refractivity contribution in [1.82, 2.24) is 5.32 Å². The molecule has 0 amide bonds. The largest absolute Gasteiger partial charge is 0.529 e. The van der Waals surface area contributed by atoms with Crippen LogP contribution in [0, 0.1) is 0 Å². The Bertz CT molecular complexity index is 672. The minimum atomic E-state index is -2.68. The van der Waals surface area contributed by atoms with Gasteiger partial charge >= 0.3 is 16.1 Å². The summed E-state index contributed by atoms with van der Waals surface area (Å²) in [4.78, 5) is 19.3. The number of methoxy groups -OCH3 is 2. The van der Waals surface area contributed by atoms with Gasteiger partial charge in [-0.2, -0.15) is 9.79 Å². The summed E-state index contributed by atoms with van der Waals surface area (Å²) in [5.74, 6) is -0.788. The summed E-state index contributed by atoms with van der Waals surface area (Å²) in [6.07, 6.45) is 0. The lowest BCUT2D eigenvalue weighted by Gasteiger charge is -2.12. The second-order valence-corrected chi connectivity index (χ2v) is 7.37. The van der Waals surface area contributed by atoms with E-state index < -0.39 is 27.6 Å². The van der Waals surface area contributed by atoms with Crippen LogP contribution in [0.3, 0.4) is 0 Å². The molecule has 0 spiro atoms. The first kappa shape index (κ1) is 19.4. The Kier molecular flexibility index (Phi) is 7.00. The smallest absolute Gasteiger partial charge is 0.497 e. The van der Waals surface area contributed by atoms with Gasteiger partial charge in [0.2, 0.25) is 0 Å². The quantitative estimate of drug-likeness (QED) is 0.600. The van der Waals surface area contributed by atoms with E-state index in [0.29, 0.717) is 22.6 Å². The fraction of sp³-hybridized carbons (Fsp3) is 0.250. The maximum atomic E-state index is 11.8. The van der Waals surface area contributed by atoms with Gasteiger partial charge < -0.3 is 9.47 Å². The van der Waals surface area contributed by atoms with Gasteiger partial charge in [-0.1, -0.05) is 0 Å². The SMILES string of the molecule is COc1ccc([C@H](N[C@@H](c2ccc(OC)cc2)[P+](=O)O)[P+](=O)O)cc1. The minimum absolute atomic E-state index is 0.514. The average molecular weight is 383 g/mol. The maximum absolute atomic E-state index is 11.8. The van der Waals surface area contributed by atoms with Crippen LogP contribution in [0.1, 0.15) is 22.7 Å². The Morgan fingerprint density at radius 1 is 0.760 bits per heavy atom. The summed E-state index contributed by atoms with van der Waals surface area (Å²) < 4.78 is 33.7. The van der Waals surface area contributed by atoms with E-state index in [0.717, 1.165) is 0 Å². The molecular weight excluding hydrogens is 364 g/mol. The van der Waals surface area contributed by atoms with Crippen LogP contribution in [0.25, 0.3) is 0 Å². The van der Waals surface area contributed by atoms with Crippen molar-refractivity contribution in [1.29, 1.82) is 0 Å². The van der Waals surface area contributed by atoms with Gasteiger partial charge in [0, 0.05) is 11.1 Å². The van der Waals surface area contributed by atoms with Gasteiger partial charge in [-0.25, -0.2) is 5.32 Å². The van der Waals surface area contributed by atoms with E-state index in [-0.39, 0.29) is 0 Å². The molecule has 0 fully saturated rings. The van der Waals surface area contributed by atoms with Gasteiger partial charge in [0.05, 0.1) is 14.2 Å². The topological polar surface area (TPSA) is 105 Å². The molecule has 0 saturated heterocycles. The number of benzene rings is 2. The third-order valence-corrected chi connectivity index (χ3v) is 5.40. The highest BCUT2D eigenvalue weighted by molar-refractivity contribution is 7.39. The molecule has 7 nitrogen and oxygen atoms in total. The number of hydrogen-bond acceptors (Lipinski definition) is 5. The van der Waals surface area contributed by atoms with Gasteiger partial charge in [0.25, 0.3) is 11.6 Å². The van der Waals surface area contributed by atoms with E-state index in [2.05, 4.69) is 5.32 Å². The number of hydrogen-bond donors (Lipinski definition) is 3. The van der Waals surface area contributed by atoms with Crippen molar-refractivity contribution in [2.45, 2.75) is 11.6 Å². The molecule has 9 heteroatoms. The third-order valence-electron chi connectivity index (χ3n) is 3.62. The zero-order valence-electron chi connectivity index (χ0n) is 13.7. The molecule has 2 aromatic carbocycles. The van der Waals surface area contributed by atoms with Crippen molar-refractivity contribution >= 4 is 16.1 Å². The van der Waals surface area contributed by atoms with E-state index in [1.165, 1.54) is 14.2 Å². The Morgan fingerprint density at radius 3 is 1.32 bits per heavy atom. The van der Waals surface area contributed by atoms with Gasteiger partial charge in [-0.3, -0.25) is 0 Å². The summed E-state index contributed by atoms with van der Waals surface area (Å²) in [5.41, 5.74) is 1.03. The molecule has 0 aliphatic carbocycles. The van der Waals surface area contributed by atoms with Crippen LogP contribution in [0.2, 0.25) is 0 Å². The molecule has 0 bridgehead atoms. The standard InChI is InChI=1S/C16H17NO6P2/c1-22-13-7-3-11(4-8-13)15(24(18)19)17-16(25(20)21)12-5-9-14(23-2)10-6-12/h3-10,15-17H,1-2H3/p+2/t15-,16-/m1/s1. The van der Waals surface area contributed by atoms with E-state index in [9.17, 15) is 18.9 Å². The van der Waals surface area contributed by atoms with Gasteiger partial charge in [0.1, 0.15) is 11.5 Å². The monoisotopic (exact) mass is 383 g/mol. The van der Waals surface area contributed by atoms with E-state index in [4.69, 9.17) is 9.47 Å². The molecule has 0 aromatic heterocycles. The van der Waals surface area contributed by atoms with E-state index >= 15 is 0 Å². The second kappa shape index (κ2) is 8.99. The highest BCUT2D eigenvalue weighted by Crippen LogP contribution is 2.43. The minimum Gasteiger partial charge on any atom is -0.497 e. The van der Waals surface area contributed by atoms with Crippen LogP contribution < -0.4 is 14.8 Å². The molecule has 25 heavy (non-hydrogen) atoms. The summed E-state index contributed by atoms with van der Waals surface area (Å²) in [6, 6.07) is 13.2. The first-order chi connectivity index (χ1) is 12.0. The second-order valence-electron chi connectivity index (χ2n) is 5.12. The van der Waals surface area contributed by atoms with Crippen molar-refractivity contribution in [2.24, 2.45) is 0 Å². The van der Waals surface area contributed by atoms with Crippen LogP contribution in [0.4, 0.5) is 0 Å². The predicted octanol–water partition coefficient (Wildman–Crippen LogP) is 3.46. The molecule has 0 radical (unpaired) electrons. The lowest BCUT2D eigenvalue weighted by molar-refractivity contribution is 0.413. The molecule has 3 N–H and O–H groups in total. The molecule has 2 unspecified atom stereocenters. The lowest BCUT2D eigenvalue weighted by Crippen LogP contribution is -2.22. The van der Waals surface area contributed by atoms with Crippen LogP contribution in [0.5, 0.6) is 11.5 Å². The molecule has 2 aromatic rings. The van der Waals surface area contributed by atoms with Gasteiger partial charge in [-0.15, -0.1) is 0 Å². The number of nitrogens with one attached hydrogen (secondary N) is 1. The van der Waals surface area contributed by atoms with Crippen molar-refractivity contribution in [2.75, 3.05) is 14.2 Å². The highest BCUT2D eigenvalue weighted by Gasteiger charge is 2.41. The first-order valence-electron chi connectivity index (χ1n) is 7.30. The maximum Gasteiger partial charge on any atom is 0.529 e. The Labute approximate surface area is 147 Å². The molecular formula is C16H19NO6P2+2. The number of rotatable bonds is 8. The number of ether oxygens (including phenoxy) is 2. The third kappa shape index (κ3) is 5.05.